The van der Waals surface area contributed by atoms with Crippen molar-refractivity contribution >= 4 is 46.4 Å². The smallest absolute Gasteiger partial charge is 0.119 e. The number of hydrogen-bond acceptors (Lipinski definition) is 5. The maximum atomic E-state index is 6.20. The van der Waals surface area contributed by atoms with E-state index in [9.17, 15) is 0 Å². The van der Waals surface area contributed by atoms with Crippen molar-refractivity contribution in [1.82, 2.24) is 24.5 Å². The van der Waals surface area contributed by atoms with Crippen LogP contribution in [0.3, 0.4) is 0 Å². The molecule has 1 unspecified atom stereocenters. The fraction of sp³-hybridized carbons (Fsp3) is 0.246. The van der Waals surface area contributed by atoms with Crippen LogP contribution in [0.5, 0.6) is 0 Å². The molecule has 0 aliphatic heterocycles. The molecule has 0 aliphatic rings. The molecule has 0 saturated heterocycles. The van der Waals surface area contributed by atoms with Gasteiger partial charge >= 0.3 is 0 Å². The summed E-state index contributed by atoms with van der Waals surface area (Å²) in [6.07, 6.45) is 4.50. The average molecular weight is 1100 g/mol. The molecule has 0 aliphatic carbocycles. The minimum Gasteiger partial charge on any atom is -0.513 e. The van der Waals surface area contributed by atoms with E-state index < -0.39 is 8.07 Å². The minimum atomic E-state index is -1.35. The van der Waals surface area contributed by atoms with Crippen LogP contribution in [-0.2, 0) is 31.9 Å². The van der Waals surface area contributed by atoms with Crippen molar-refractivity contribution in [2.45, 2.75) is 93.3 Å². The Balaban J connectivity index is 0.000000246. The number of nitrogens with zero attached hydrogens (tertiary/aromatic N) is 5. The summed E-state index contributed by atoms with van der Waals surface area (Å²) in [5, 5.41) is 2.51. The molecular weight excluding hydrogens is 1040 g/mol. The zero-order chi connectivity index (χ0) is 47.9. The molecule has 0 spiro atoms. The quantitative estimate of drug-likeness (QED) is 0.106. The summed E-state index contributed by atoms with van der Waals surface area (Å²) in [5.41, 5.74) is 18.1. The molecule has 0 bridgehead atoms. The molecule has 8 heteroatoms. The van der Waals surface area contributed by atoms with Crippen molar-refractivity contribution in [3.63, 3.8) is 0 Å². The van der Waals surface area contributed by atoms with Gasteiger partial charge in [-0.1, -0.05) is 145 Å². The number of pyridine rings is 3. The maximum absolute atomic E-state index is 6.20. The zero-order valence-corrected chi connectivity index (χ0v) is 45.1. The first-order valence-electron chi connectivity index (χ1n) is 23.9. The van der Waals surface area contributed by atoms with E-state index in [0.29, 0.717) is 17.1 Å². The van der Waals surface area contributed by atoms with Gasteiger partial charge in [-0.25, -0.2) is 0 Å². The van der Waals surface area contributed by atoms with E-state index in [1.165, 1.54) is 22.7 Å². The van der Waals surface area contributed by atoms with Crippen molar-refractivity contribution in [3.05, 3.63) is 180 Å². The van der Waals surface area contributed by atoms with Gasteiger partial charge in [-0.2, -0.15) is 0 Å². The van der Waals surface area contributed by atoms with Crippen molar-refractivity contribution in [2.75, 3.05) is 0 Å². The number of imidazole rings is 1. The molecule has 351 valence electrons. The first-order valence-corrected chi connectivity index (χ1v) is 27.4. The summed E-state index contributed by atoms with van der Waals surface area (Å²) in [6.45, 7) is 24.8. The van der Waals surface area contributed by atoms with Gasteiger partial charge in [0, 0.05) is 48.5 Å². The SMILES string of the molecule is CCC(C)Cc1cc(-c2[c-]cccc2)ncc1[Si](C)(C)C.Cc1cc2nc(-c3[c-]cc4oc5cccc(C)c5c4n3)n(-c3c(-c4ccccc4)cc(C(C)(C)C)cc3-c3ccccc3)c2c(C)n1.[Ir]. The van der Waals surface area contributed by atoms with Crippen LogP contribution in [0.25, 0.3) is 83.8 Å². The van der Waals surface area contributed by atoms with Gasteiger partial charge in [-0.05, 0) is 102 Å². The standard InChI is InChI=1S/C42H35N4O.C19H26NSi.Ir/c1-25-14-13-19-35-37(25)38-36(47-35)21-20-33(44-38)41-45-34-22-26(2)43-27(3)39(34)46(41)40-31(28-15-9-7-10-16-28)23-30(42(4,5)6)24-32(40)29-17-11-8-12-18-29;1-6-15(2)12-17-13-18(16-10-8-7-9-11-16)20-14-19(17)21(3,4)5;/h7-19,21-24H,1-6H3;7-10,13-15H,6,12H2,1-5H3;/q2*-1;. The molecule has 0 fully saturated rings. The topological polar surface area (TPSA) is 69.6 Å². The van der Waals surface area contributed by atoms with E-state index in [0.717, 1.165) is 96.0 Å². The Hall–Kier alpha value is -6.31. The van der Waals surface area contributed by atoms with Crippen molar-refractivity contribution in [2.24, 2.45) is 5.92 Å². The van der Waals surface area contributed by atoms with Crippen LogP contribution in [0.4, 0.5) is 0 Å². The zero-order valence-electron chi connectivity index (χ0n) is 41.7. The Morgan fingerprint density at radius 1 is 0.739 bits per heavy atom. The Morgan fingerprint density at radius 2 is 1.41 bits per heavy atom. The van der Waals surface area contributed by atoms with Crippen LogP contribution in [0.2, 0.25) is 19.6 Å². The van der Waals surface area contributed by atoms with Gasteiger partial charge in [0.25, 0.3) is 0 Å². The number of hydrogen-bond donors (Lipinski definition) is 0. The summed E-state index contributed by atoms with van der Waals surface area (Å²) in [4.78, 5) is 20.2. The molecule has 5 aromatic carbocycles. The summed E-state index contributed by atoms with van der Waals surface area (Å²) < 4.78 is 8.47. The molecule has 5 heterocycles. The molecular formula is C61H61IrN5OSi-2. The van der Waals surface area contributed by atoms with Crippen molar-refractivity contribution in [3.8, 4) is 50.7 Å². The Labute approximate surface area is 422 Å². The molecule has 69 heavy (non-hydrogen) atoms. The van der Waals surface area contributed by atoms with E-state index in [4.69, 9.17) is 24.4 Å². The summed E-state index contributed by atoms with van der Waals surface area (Å²) in [7, 11) is -1.35. The second-order valence-corrected chi connectivity index (χ2v) is 25.4. The third kappa shape index (κ3) is 10.1. The molecule has 10 aromatic rings. The van der Waals surface area contributed by atoms with Gasteiger partial charge in [0.2, 0.25) is 0 Å². The summed E-state index contributed by atoms with van der Waals surface area (Å²) in [5.74, 6) is 1.42. The number of fused-ring (bicyclic) bond motifs is 4. The maximum Gasteiger partial charge on any atom is 0.119 e. The minimum absolute atomic E-state index is 0. The molecule has 0 saturated carbocycles. The van der Waals surface area contributed by atoms with Crippen LogP contribution in [-0.4, -0.2) is 32.6 Å². The molecule has 6 nitrogen and oxygen atoms in total. The van der Waals surface area contributed by atoms with E-state index in [-0.39, 0.29) is 25.5 Å². The molecule has 1 atom stereocenters. The van der Waals surface area contributed by atoms with E-state index in [2.05, 4.69) is 188 Å². The monoisotopic (exact) mass is 1100 g/mol. The predicted octanol–water partition coefficient (Wildman–Crippen LogP) is 15.4. The van der Waals surface area contributed by atoms with Gasteiger partial charge < -0.3 is 14.0 Å². The first kappa shape index (κ1) is 49.1. The van der Waals surface area contributed by atoms with Crippen molar-refractivity contribution in [1.29, 1.82) is 0 Å². The van der Waals surface area contributed by atoms with Crippen LogP contribution in [0.15, 0.2) is 144 Å². The number of furan rings is 1. The van der Waals surface area contributed by atoms with Gasteiger partial charge in [0.05, 0.1) is 47.4 Å². The van der Waals surface area contributed by atoms with E-state index in [1.54, 1.807) is 0 Å². The largest absolute Gasteiger partial charge is 0.513 e. The van der Waals surface area contributed by atoms with Gasteiger partial charge in [-0.3, -0.25) is 15.0 Å². The predicted molar refractivity (Wildman–Crippen MR) is 287 cm³/mol. The Bertz CT molecular complexity index is 3360. The molecule has 0 amide bonds. The molecule has 10 rings (SSSR count). The molecule has 5 aromatic heterocycles. The second-order valence-electron chi connectivity index (χ2n) is 20.4. The normalized spacial score (nSPS) is 12.2. The van der Waals surface area contributed by atoms with Crippen LogP contribution in [0.1, 0.15) is 69.1 Å². The fourth-order valence-electron chi connectivity index (χ4n) is 9.28. The van der Waals surface area contributed by atoms with Crippen molar-refractivity contribution < 1.29 is 24.5 Å². The van der Waals surface area contributed by atoms with Crippen LogP contribution < -0.4 is 5.19 Å². The fourth-order valence-corrected chi connectivity index (χ4v) is 10.9. The first-order chi connectivity index (χ1) is 32.6. The summed E-state index contributed by atoms with van der Waals surface area (Å²) >= 11 is 0. The van der Waals surface area contributed by atoms with Gasteiger partial charge in [-0.15, -0.1) is 48.0 Å². The van der Waals surface area contributed by atoms with E-state index >= 15 is 0 Å². The Kier molecular flexibility index (Phi) is 14.2. The molecule has 0 N–H and O–H groups in total. The van der Waals surface area contributed by atoms with Gasteiger partial charge in [0.1, 0.15) is 5.58 Å². The van der Waals surface area contributed by atoms with Crippen LogP contribution >= 0.6 is 0 Å². The average Bonchev–Trinajstić information content (AvgIpc) is 3.90. The number of rotatable bonds is 9. The third-order valence-electron chi connectivity index (χ3n) is 13.1. The molecule has 1 radical (unpaired) electrons. The number of aromatic nitrogens is 5. The third-order valence-corrected chi connectivity index (χ3v) is 15.1. The number of aryl methyl sites for hydroxylation is 3. The van der Waals surface area contributed by atoms with Gasteiger partial charge in [0.15, 0.2) is 0 Å². The van der Waals surface area contributed by atoms with E-state index in [1.807, 2.05) is 43.3 Å². The summed E-state index contributed by atoms with van der Waals surface area (Å²) in [6, 6.07) is 53.2. The van der Waals surface area contributed by atoms with Crippen LogP contribution in [0, 0.1) is 38.8 Å². The Morgan fingerprint density at radius 3 is 2.01 bits per heavy atom. The second kappa shape index (κ2) is 20.0. The number of benzene rings is 5.